The number of carboxylic acids is 1. The van der Waals surface area contributed by atoms with Crippen LogP contribution in [0, 0.1) is 11.3 Å². The Hall–Kier alpha value is -3.03. The van der Waals surface area contributed by atoms with Crippen LogP contribution in [0.25, 0.3) is 0 Å². The first kappa shape index (κ1) is 25.6. The molecule has 1 heterocycles. The number of thiazole rings is 1. The molecule has 0 aliphatic heterocycles. The summed E-state index contributed by atoms with van der Waals surface area (Å²) < 4.78 is 5.79. The second kappa shape index (κ2) is 11.9. The zero-order valence-corrected chi connectivity index (χ0v) is 20.7. The van der Waals surface area contributed by atoms with Crippen molar-refractivity contribution in [1.82, 2.24) is 4.98 Å². The van der Waals surface area contributed by atoms with Gasteiger partial charge < -0.3 is 15.3 Å². The number of halogens is 1. The van der Waals surface area contributed by atoms with E-state index in [9.17, 15) is 9.59 Å². The van der Waals surface area contributed by atoms with E-state index in [4.69, 9.17) is 26.9 Å². The van der Waals surface area contributed by atoms with Gasteiger partial charge in [-0.3, -0.25) is 9.59 Å². The van der Waals surface area contributed by atoms with Gasteiger partial charge in [-0.25, -0.2) is 4.98 Å². The topological polar surface area (TPSA) is 100 Å². The Morgan fingerprint density at radius 3 is 2.35 bits per heavy atom. The van der Waals surface area contributed by atoms with E-state index in [2.05, 4.69) is 4.98 Å². The van der Waals surface area contributed by atoms with E-state index < -0.39 is 11.9 Å². The van der Waals surface area contributed by atoms with Crippen molar-refractivity contribution in [2.45, 2.75) is 45.6 Å². The highest BCUT2D eigenvalue weighted by Crippen LogP contribution is 2.30. The van der Waals surface area contributed by atoms with Crippen LogP contribution in [0.3, 0.4) is 0 Å². The molecule has 3 rings (SSSR count). The third-order valence-corrected chi connectivity index (χ3v) is 6.70. The smallest absolute Gasteiger partial charge is 0.303 e. The van der Waals surface area contributed by atoms with Gasteiger partial charge in [-0.15, -0.1) is 11.3 Å². The molecule has 8 heteroatoms. The van der Waals surface area contributed by atoms with E-state index >= 15 is 0 Å². The highest BCUT2D eigenvalue weighted by molar-refractivity contribution is 7.11. The molecule has 0 bridgehead atoms. The number of aryl methyl sites for hydroxylation is 1. The average Bonchev–Trinajstić information content (AvgIpc) is 3.26. The fraction of sp³-hybridized carbons (Fsp3) is 0.308. The van der Waals surface area contributed by atoms with Crippen molar-refractivity contribution >= 4 is 40.4 Å². The molecule has 3 aromatic rings. The highest BCUT2D eigenvalue weighted by atomic mass is 35.5. The van der Waals surface area contributed by atoms with Gasteiger partial charge >= 0.3 is 5.97 Å². The van der Waals surface area contributed by atoms with E-state index in [0.717, 1.165) is 16.0 Å². The van der Waals surface area contributed by atoms with Gasteiger partial charge in [0.2, 0.25) is 0 Å². The summed E-state index contributed by atoms with van der Waals surface area (Å²) in [5.74, 6) is -0.829. The number of ketones is 1. The van der Waals surface area contributed by atoms with Gasteiger partial charge in [-0.2, -0.15) is 0 Å². The number of carbonyl (C=O) groups excluding carboxylic acids is 1. The molecule has 1 aromatic heterocycles. The van der Waals surface area contributed by atoms with Crippen molar-refractivity contribution in [3.8, 4) is 5.75 Å². The molecule has 6 nitrogen and oxygen atoms in total. The van der Waals surface area contributed by atoms with Crippen LogP contribution < -0.4 is 4.74 Å². The Kier molecular flexibility index (Phi) is 8.96. The lowest BCUT2D eigenvalue weighted by molar-refractivity contribution is -0.136. The quantitative estimate of drug-likeness (QED) is 0.300. The molecule has 178 valence electrons. The number of hydrogen-bond acceptors (Lipinski definition) is 6. The van der Waals surface area contributed by atoms with Crippen LogP contribution in [0.2, 0.25) is 5.02 Å². The highest BCUT2D eigenvalue weighted by Gasteiger charge is 2.28. The lowest BCUT2D eigenvalue weighted by Gasteiger charge is -2.19. The molecule has 0 saturated carbocycles. The van der Waals surface area contributed by atoms with Crippen LogP contribution >= 0.6 is 22.9 Å². The Bertz CT molecular complexity index is 1140. The first-order valence-electron chi connectivity index (χ1n) is 11.0. The van der Waals surface area contributed by atoms with Gasteiger partial charge in [0.25, 0.3) is 0 Å². The molecule has 0 saturated heterocycles. The number of rotatable bonds is 12. The predicted molar refractivity (Wildman–Crippen MR) is 134 cm³/mol. The predicted octanol–water partition coefficient (Wildman–Crippen LogP) is 5.96. The van der Waals surface area contributed by atoms with Gasteiger partial charge in [-0.05, 0) is 47.7 Å². The SMILES string of the molecule is CC(C)C(C(=N)C(=O)Cc1ccc(OCc2ccc(Cl)cc2)cc1)c1ncc(CCC(=O)O)s1. The van der Waals surface area contributed by atoms with Crippen molar-refractivity contribution in [3.63, 3.8) is 0 Å². The summed E-state index contributed by atoms with van der Waals surface area (Å²) in [4.78, 5) is 29.0. The molecule has 0 fully saturated rings. The first-order valence-corrected chi connectivity index (χ1v) is 12.2. The molecule has 2 aromatic carbocycles. The fourth-order valence-electron chi connectivity index (χ4n) is 3.46. The van der Waals surface area contributed by atoms with E-state index in [1.165, 1.54) is 11.3 Å². The minimum absolute atomic E-state index is 0.0126. The number of carboxylic acid groups (broad SMARTS) is 1. The van der Waals surface area contributed by atoms with E-state index in [0.29, 0.717) is 28.8 Å². The number of nitrogens with one attached hydrogen (secondary N) is 1. The summed E-state index contributed by atoms with van der Waals surface area (Å²) in [5.41, 5.74) is 1.83. The van der Waals surface area contributed by atoms with Crippen LogP contribution in [-0.2, 0) is 29.0 Å². The summed E-state index contributed by atoms with van der Waals surface area (Å²) in [5, 5.41) is 18.8. The van der Waals surface area contributed by atoms with Crippen molar-refractivity contribution in [2.24, 2.45) is 5.92 Å². The third-order valence-electron chi connectivity index (χ3n) is 5.31. The minimum atomic E-state index is -0.861. The molecule has 0 spiro atoms. The Morgan fingerprint density at radius 2 is 1.74 bits per heavy atom. The summed E-state index contributed by atoms with van der Waals surface area (Å²) >= 11 is 7.28. The monoisotopic (exact) mass is 498 g/mol. The van der Waals surface area contributed by atoms with Crippen LogP contribution in [-0.4, -0.2) is 27.6 Å². The molecule has 0 amide bonds. The zero-order valence-electron chi connectivity index (χ0n) is 19.1. The van der Waals surface area contributed by atoms with Crippen molar-refractivity contribution in [2.75, 3.05) is 0 Å². The molecule has 2 N–H and O–H groups in total. The van der Waals surface area contributed by atoms with E-state index in [1.54, 1.807) is 6.20 Å². The van der Waals surface area contributed by atoms with Crippen molar-refractivity contribution in [1.29, 1.82) is 5.41 Å². The van der Waals surface area contributed by atoms with Gasteiger partial charge in [0.1, 0.15) is 17.4 Å². The number of aromatic nitrogens is 1. The van der Waals surface area contributed by atoms with E-state index in [1.807, 2.05) is 62.4 Å². The number of benzene rings is 2. The Labute approximate surface area is 208 Å². The zero-order chi connectivity index (χ0) is 24.7. The lowest BCUT2D eigenvalue weighted by Crippen LogP contribution is -2.26. The number of Topliss-reactive ketones (excluding diaryl/α,β-unsaturated/α-hetero) is 1. The van der Waals surface area contributed by atoms with Crippen LogP contribution in [0.5, 0.6) is 5.75 Å². The largest absolute Gasteiger partial charge is 0.489 e. The molecule has 0 aliphatic carbocycles. The van der Waals surface area contributed by atoms with Crippen LogP contribution in [0.1, 0.15) is 47.2 Å². The lowest BCUT2D eigenvalue weighted by atomic mass is 9.87. The molecule has 0 aliphatic rings. The van der Waals surface area contributed by atoms with Crippen LogP contribution in [0.15, 0.2) is 54.7 Å². The molecule has 1 unspecified atom stereocenters. The number of aliphatic carboxylic acids is 1. The summed E-state index contributed by atoms with van der Waals surface area (Å²) in [6.07, 6.45) is 2.20. The Balaban J connectivity index is 1.60. The fourth-order valence-corrected chi connectivity index (χ4v) is 4.79. The van der Waals surface area contributed by atoms with Gasteiger partial charge in [0.05, 0.1) is 18.1 Å². The number of hydrogen-bond donors (Lipinski definition) is 2. The maximum atomic E-state index is 12.9. The standard InChI is InChI=1S/C26H27ClN2O4S/c1-16(2)24(26-29-14-21(34-26)11-12-23(31)32)25(28)22(30)13-17-5-9-20(10-6-17)33-15-18-3-7-19(27)8-4-18/h3-10,14,16,24,28H,11-13,15H2,1-2H3,(H,31,32). The maximum Gasteiger partial charge on any atom is 0.303 e. The second-order valence-corrected chi connectivity index (χ2v) is 9.94. The minimum Gasteiger partial charge on any atom is -0.489 e. The van der Waals surface area contributed by atoms with Gasteiger partial charge in [0.15, 0.2) is 5.78 Å². The maximum absolute atomic E-state index is 12.9. The van der Waals surface area contributed by atoms with Crippen LogP contribution in [0.4, 0.5) is 0 Å². The third kappa shape index (κ3) is 7.23. The first-order chi connectivity index (χ1) is 16.2. The van der Waals surface area contributed by atoms with Gasteiger partial charge in [0, 0.05) is 22.5 Å². The normalized spacial score (nSPS) is 11.9. The van der Waals surface area contributed by atoms with E-state index in [-0.39, 0.29) is 30.3 Å². The second-order valence-electron chi connectivity index (χ2n) is 8.35. The summed E-state index contributed by atoms with van der Waals surface area (Å²) in [6, 6.07) is 14.7. The number of nitrogens with zero attached hydrogens (tertiary/aromatic N) is 1. The average molecular weight is 499 g/mol. The molecular weight excluding hydrogens is 472 g/mol. The Morgan fingerprint density at radius 1 is 1.09 bits per heavy atom. The number of carbonyl (C=O) groups is 2. The van der Waals surface area contributed by atoms with Crippen molar-refractivity contribution < 1.29 is 19.4 Å². The number of ether oxygens (including phenoxy) is 1. The van der Waals surface area contributed by atoms with Gasteiger partial charge in [-0.1, -0.05) is 49.7 Å². The molecule has 1 atom stereocenters. The molecule has 34 heavy (non-hydrogen) atoms. The molecular formula is C26H27ClN2O4S. The molecule has 0 radical (unpaired) electrons. The summed E-state index contributed by atoms with van der Waals surface area (Å²) in [6.45, 7) is 4.33. The van der Waals surface area contributed by atoms with Crippen molar-refractivity contribution in [3.05, 3.63) is 80.8 Å². The summed E-state index contributed by atoms with van der Waals surface area (Å²) in [7, 11) is 0.